The Labute approximate surface area is 53.2 Å². The van der Waals surface area contributed by atoms with Crippen LogP contribution in [0.2, 0.25) is 0 Å². The van der Waals surface area contributed by atoms with Crippen molar-refractivity contribution >= 4 is 5.91 Å². The normalized spacial score (nSPS) is 46.4. The number of ether oxygens (including phenoxy) is 1. The second kappa shape index (κ2) is 1.48. The van der Waals surface area contributed by atoms with E-state index < -0.39 is 0 Å². The third-order valence-corrected chi connectivity index (χ3v) is 2.19. The number of fused-ring (bicyclic) bond motifs is 1. The monoisotopic (exact) mass is 127 g/mol. The average molecular weight is 127 g/mol. The molecule has 2 aliphatic rings. The van der Waals surface area contributed by atoms with Gasteiger partial charge in [0.05, 0.1) is 12.0 Å². The van der Waals surface area contributed by atoms with Gasteiger partial charge in [0, 0.05) is 12.5 Å². The van der Waals surface area contributed by atoms with E-state index in [4.69, 9.17) is 10.5 Å². The number of rotatable bonds is 1. The van der Waals surface area contributed by atoms with Crippen LogP contribution in [0.15, 0.2) is 0 Å². The van der Waals surface area contributed by atoms with E-state index >= 15 is 0 Å². The van der Waals surface area contributed by atoms with Crippen LogP contribution in [0.5, 0.6) is 0 Å². The third-order valence-electron chi connectivity index (χ3n) is 2.19. The quantitative estimate of drug-likeness (QED) is 0.516. The van der Waals surface area contributed by atoms with Crippen LogP contribution in [0.1, 0.15) is 6.42 Å². The second-order valence-corrected chi connectivity index (χ2v) is 2.72. The van der Waals surface area contributed by atoms with Crippen LogP contribution in [0.3, 0.4) is 0 Å². The van der Waals surface area contributed by atoms with Gasteiger partial charge in [-0.3, -0.25) is 4.79 Å². The van der Waals surface area contributed by atoms with E-state index in [-0.39, 0.29) is 17.9 Å². The lowest BCUT2D eigenvalue weighted by Crippen LogP contribution is -2.18. The van der Waals surface area contributed by atoms with Crippen LogP contribution in [-0.4, -0.2) is 18.6 Å². The summed E-state index contributed by atoms with van der Waals surface area (Å²) in [7, 11) is 0. The summed E-state index contributed by atoms with van der Waals surface area (Å²) in [6.45, 7) is 0.819. The average Bonchev–Trinajstić information content (AvgIpc) is 2.30. The Morgan fingerprint density at radius 3 is 2.78 bits per heavy atom. The molecule has 1 heterocycles. The standard InChI is InChI=1S/C6H9NO2/c7-6(8)4-3-1-2-9-5(3)4/h3-5H,1-2H2,(H2,7,8)/t3-,4-,5-/m0/s1. The van der Waals surface area contributed by atoms with Crippen LogP contribution in [-0.2, 0) is 9.53 Å². The van der Waals surface area contributed by atoms with Gasteiger partial charge < -0.3 is 10.5 Å². The number of carbonyl (C=O) groups is 1. The first kappa shape index (κ1) is 5.23. The summed E-state index contributed by atoms with van der Waals surface area (Å²) in [5.74, 6) is 0.339. The molecule has 2 rings (SSSR count). The van der Waals surface area contributed by atoms with Crippen molar-refractivity contribution in [3.8, 4) is 0 Å². The third kappa shape index (κ3) is 0.580. The molecule has 2 N–H and O–H groups in total. The molecule has 0 aromatic heterocycles. The second-order valence-electron chi connectivity index (χ2n) is 2.72. The molecule has 0 bridgehead atoms. The maximum atomic E-state index is 10.5. The van der Waals surface area contributed by atoms with Gasteiger partial charge >= 0.3 is 0 Å². The fourth-order valence-electron chi connectivity index (χ4n) is 1.63. The number of amides is 1. The highest BCUT2D eigenvalue weighted by atomic mass is 16.5. The molecule has 50 valence electrons. The largest absolute Gasteiger partial charge is 0.377 e. The highest BCUT2D eigenvalue weighted by Crippen LogP contribution is 2.48. The van der Waals surface area contributed by atoms with Crippen LogP contribution in [0.25, 0.3) is 0 Å². The highest BCUT2D eigenvalue weighted by Gasteiger charge is 2.57. The van der Waals surface area contributed by atoms with E-state index in [1.54, 1.807) is 0 Å². The Bertz CT molecular complexity index is 147. The molecule has 1 saturated heterocycles. The van der Waals surface area contributed by atoms with Gasteiger partial charge in [-0.2, -0.15) is 0 Å². The van der Waals surface area contributed by atoms with Gasteiger partial charge in [-0.15, -0.1) is 0 Å². The maximum Gasteiger partial charge on any atom is 0.223 e. The van der Waals surface area contributed by atoms with Crippen molar-refractivity contribution in [3.05, 3.63) is 0 Å². The first-order valence-corrected chi connectivity index (χ1v) is 3.21. The number of hydrogen-bond acceptors (Lipinski definition) is 2. The number of hydrogen-bond donors (Lipinski definition) is 1. The molecular formula is C6H9NO2. The van der Waals surface area contributed by atoms with Crippen molar-refractivity contribution in [2.75, 3.05) is 6.61 Å². The molecule has 0 aromatic carbocycles. The fourth-order valence-corrected chi connectivity index (χ4v) is 1.63. The summed E-state index contributed by atoms with van der Waals surface area (Å²) in [5.41, 5.74) is 5.07. The van der Waals surface area contributed by atoms with E-state index in [9.17, 15) is 4.79 Å². The van der Waals surface area contributed by atoms with Crippen molar-refractivity contribution in [2.45, 2.75) is 12.5 Å². The molecule has 1 aliphatic carbocycles. The first-order valence-electron chi connectivity index (χ1n) is 3.21. The smallest absolute Gasteiger partial charge is 0.223 e. The van der Waals surface area contributed by atoms with Crippen molar-refractivity contribution < 1.29 is 9.53 Å². The van der Waals surface area contributed by atoms with Crippen molar-refractivity contribution in [2.24, 2.45) is 17.6 Å². The predicted molar refractivity (Wildman–Crippen MR) is 30.5 cm³/mol. The molecule has 1 aliphatic heterocycles. The minimum atomic E-state index is -0.190. The van der Waals surface area contributed by atoms with E-state index in [2.05, 4.69) is 0 Å². The van der Waals surface area contributed by atoms with E-state index in [0.717, 1.165) is 13.0 Å². The molecule has 1 saturated carbocycles. The van der Waals surface area contributed by atoms with Gasteiger partial charge in [0.25, 0.3) is 0 Å². The predicted octanol–water partition coefficient (Wildman–Crippen LogP) is -0.493. The summed E-state index contributed by atoms with van der Waals surface area (Å²) < 4.78 is 5.20. The number of carbonyl (C=O) groups excluding carboxylic acids is 1. The minimum absolute atomic E-state index is 0.0544. The van der Waals surface area contributed by atoms with Gasteiger partial charge in [0.1, 0.15) is 0 Å². The van der Waals surface area contributed by atoms with Crippen molar-refractivity contribution in [3.63, 3.8) is 0 Å². The fraction of sp³-hybridized carbons (Fsp3) is 0.833. The molecule has 3 atom stereocenters. The lowest BCUT2D eigenvalue weighted by atomic mass is 10.2. The molecule has 2 fully saturated rings. The SMILES string of the molecule is NC(=O)[C@H]1[C@@H]2CCO[C@@H]21. The maximum absolute atomic E-state index is 10.5. The van der Waals surface area contributed by atoms with Crippen LogP contribution in [0, 0.1) is 11.8 Å². The summed E-state index contributed by atoms with van der Waals surface area (Å²) in [6.07, 6.45) is 1.22. The Hall–Kier alpha value is -0.570. The van der Waals surface area contributed by atoms with Crippen molar-refractivity contribution in [1.82, 2.24) is 0 Å². The molecule has 0 unspecified atom stereocenters. The lowest BCUT2D eigenvalue weighted by molar-refractivity contribution is -0.120. The summed E-state index contributed by atoms with van der Waals surface area (Å²) >= 11 is 0. The summed E-state index contributed by atoms with van der Waals surface area (Å²) in [5, 5.41) is 0. The Kier molecular flexibility index (Phi) is 0.858. The highest BCUT2D eigenvalue weighted by molar-refractivity contribution is 5.81. The van der Waals surface area contributed by atoms with Crippen LogP contribution < -0.4 is 5.73 Å². The van der Waals surface area contributed by atoms with Crippen LogP contribution in [0.4, 0.5) is 0 Å². The molecule has 0 radical (unpaired) electrons. The van der Waals surface area contributed by atoms with Crippen molar-refractivity contribution in [1.29, 1.82) is 0 Å². The molecule has 1 amide bonds. The first-order chi connectivity index (χ1) is 4.30. The molecule has 3 heteroatoms. The zero-order valence-electron chi connectivity index (χ0n) is 5.04. The van der Waals surface area contributed by atoms with Gasteiger partial charge in [-0.1, -0.05) is 0 Å². The topological polar surface area (TPSA) is 52.3 Å². The van der Waals surface area contributed by atoms with Gasteiger partial charge in [0.15, 0.2) is 0 Å². The summed E-state index contributed by atoms with van der Waals surface area (Å²) in [6, 6.07) is 0. The lowest BCUT2D eigenvalue weighted by Gasteiger charge is -1.96. The molecule has 9 heavy (non-hydrogen) atoms. The molecular weight excluding hydrogens is 118 g/mol. The van der Waals surface area contributed by atoms with E-state index in [1.165, 1.54) is 0 Å². The molecule has 0 aromatic rings. The minimum Gasteiger partial charge on any atom is -0.377 e. The zero-order valence-corrected chi connectivity index (χ0v) is 5.04. The zero-order chi connectivity index (χ0) is 6.43. The number of nitrogens with two attached hydrogens (primary N) is 1. The molecule has 0 spiro atoms. The van der Waals surface area contributed by atoms with E-state index in [0.29, 0.717) is 5.92 Å². The molecule has 3 nitrogen and oxygen atoms in total. The number of primary amides is 1. The van der Waals surface area contributed by atoms with Gasteiger partial charge in [-0.25, -0.2) is 0 Å². The van der Waals surface area contributed by atoms with Gasteiger partial charge in [-0.05, 0) is 6.42 Å². The Morgan fingerprint density at radius 2 is 2.44 bits per heavy atom. The Morgan fingerprint density at radius 1 is 1.67 bits per heavy atom. The van der Waals surface area contributed by atoms with Crippen LogP contribution >= 0.6 is 0 Å². The summed E-state index contributed by atoms with van der Waals surface area (Å²) in [4.78, 5) is 10.5. The van der Waals surface area contributed by atoms with Gasteiger partial charge in [0.2, 0.25) is 5.91 Å². The Balaban J connectivity index is 2.02. The van der Waals surface area contributed by atoms with E-state index in [1.807, 2.05) is 0 Å².